The molecule has 0 unspecified atom stereocenters. The van der Waals surface area contributed by atoms with Crippen molar-refractivity contribution in [1.82, 2.24) is 25.0 Å². The number of rotatable bonds is 7. The van der Waals surface area contributed by atoms with Gasteiger partial charge in [-0.2, -0.15) is 0 Å². The third kappa shape index (κ3) is 5.29. The second-order valence-electron chi connectivity index (χ2n) is 10.7. The summed E-state index contributed by atoms with van der Waals surface area (Å²) in [4.78, 5) is 52.0. The van der Waals surface area contributed by atoms with Gasteiger partial charge in [0.1, 0.15) is 11.9 Å². The van der Waals surface area contributed by atoms with E-state index in [9.17, 15) is 29.0 Å². The Bertz CT molecular complexity index is 1450. The van der Waals surface area contributed by atoms with Crippen molar-refractivity contribution in [3.63, 3.8) is 0 Å². The number of hydrogen-bond donors (Lipinski definition) is 3. The number of amides is 2. The number of halogens is 2. The molecule has 216 valence electrons. The van der Waals surface area contributed by atoms with Crippen molar-refractivity contribution in [2.45, 2.75) is 37.4 Å². The topological polar surface area (TPSA) is 139 Å². The predicted octanol–water partition coefficient (Wildman–Crippen LogP) is 3.04. The summed E-state index contributed by atoms with van der Waals surface area (Å²) in [6, 6.07) is 2.61. The number of piperazine rings is 1. The zero-order valence-corrected chi connectivity index (χ0v) is 23.4. The number of aliphatic carboxylic acids is 2. The fourth-order valence-corrected chi connectivity index (χ4v) is 7.16. The van der Waals surface area contributed by atoms with Crippen LogP contribution in [0.4, 0.5) is 9.18 Å². The minimum Gasteiger partial charge on any atom is -0.481 e. The van der Waals surface area contributed by atoms with Gasteiger partial charge in [0.25, 0.3) is 0 Å². The average Bonchev–Trinajstić information content (AvgIpc) is 3.69. The van der Waals surface area contributed by atoms with Crippen molar-refractivity contribution in [3.8, 4) is 0 Å². The predicted molar refractivity (Wildman–Crippen MR) is 148 cm³/mol. The molecule has 0 radical (unpaired) electrons. The molecule has 3 aliphatic heterocycles. The van der Waals surface area contributed by atoms with Gasteiger partial charge in [0, 0.05) is 66.6 Å². The minimum absolute atomic E-state index is 0.0102. The van der Waals surface area contributed by atoms with Crippen LogP contribution in [-0.4, -0.2) is 98.5 Å². The number of urea groups is 1. The van der Waals surface area contributed by atoms with Crippen LogP contribution in [0.25, 0.3) is 0 Å². The van der Waals surface area contributed by atoms with Gasteiger partial charge in [-0.1, -0.05) is 17.7 Å². The van der Waals surface area contributed by atoms with E-state index in [-0.39, 0.29) is 35.3 Å². The fourth-order valence-electron chi connectivity index (χ4n) is 6.30. The molecule has 0 bridgehead atoms. The summed E-state index contributed by atoms with van der Waals surface area (Å²) < 4.78 is 13.8. The number of nitrogens with one attached hydrogen (secondary N) is 1. The van der Waals surface area contributed by atoms with E-state index in [0.717, 1.165) is 6.07 Å². The fraction of sp³-hybridized carbons (Fsp3) is 0.444. The smallest absolute Gasteiger partial charge is 0.335 e. The highest BCUT2D eigenvalue weighted by Gasteiger charge is 2.46. The van der Waals surface area contributed by atoms with Crippen LogP contribution < -0.4 is 5.32 Å². The van der Waals surface area contributed by atoms with Crippen molar-refractivity contribution < 1.29 is 29.0 Å². The molecule has 1 saturated carbocycles. The molecule has 0 spiro atoms. The quantitative estimate of drug-likeness (QED) is 0.440. The second kappa shape index (κ2) is 11.0. The Morgan fingerprint density at radius 3 is 2.66 bits per heavy atom. The molecule has 6 rings (SSSR count). The number of carbonyl (C=O) groups excluding carboxylic acids is 1. The van der Waals surface area contributed by atoms with E-state index >= 15 is 0 Å². The zero-order valence-electron chi connectivity index (χ0n) is 21.9. The van der Waals surface area contributed by atoms with E-state index in [4.69, 9.17) is 11.6 Å². The van der Waals surface area contributed by atoms with Crippen molar-refractivity contribution >= 4 is 46.7 Å². The monoisotopic (exact) mass is 602 g/mol. The van der Waals surface area contributed by atoms with E-state index < -0.39 is 29.7 Å². The van der Waals surface area contributed by atoms with Crippen LogP contribution in [-0.2, 0) is 9.59 Å². The molecule has 3 fully saturated rings. The van der Waals surface area contributed by atoms with E-state index in [2.05, 4.69) is 20.2 Å². The number of amidine groups is 1. The molecule has 14 heteroatoms. The first kappa shape index (κ1) is 27.6. The lowest BCUT2D eigenvalue weighted by Crippen LogP contribution is -2.53. The van der Waals surface area contributed by atoms with Gasteiger partial charge in [0.2, 0.25) is 0 Å². The van der Waals surface area contributed by atoms with E-state index in [1.807, 2.05) is 9.80 Å². The van der Waals surface area contributed by atoms with Gasteiger partial charge in [-0.3, -0.25) is 14.7 Å². The molecule has 2 amide bonds. The van der Waals surface area contributed by atoms with Crippen LogP contribution >= 0.6 is 22.9 Å². The Hall–Kier alpha value is -3.55. The molecular weight excluding hydrogens is 575 g/mol. The van der Waals surface area contributed by atoms with Crippen molar-refractivity contribution in [1.29, 1.82) is 0 Å². The number of aliphatic imine (C=N–C) groups is 1. The van der Waals surface area contributed by atoms with Crippen LogP contribution in [0.1, 0.15) is 35.9 Å². The van der Waals surface area contributed by atoms with E-state index in [0.29, 0.717) is 67.5 Å². The molecule has 41 heavy (non-hydrogen) atoms. The standard InChI is InChI=1S/C27H28ClFN6O5S/c28-19-10-15(29)2-4-18(19)22-21(26(38)39)20(31-23(32-22)24-30-5-8-41-24)13-33-6-7-34-17(11-33)12-35(27(34)40)16-3-1-14(9-16)25(36)37/h2,4-5,8,10,14,16-17,22H,1,3,6-7,9,11-13H2,(H,31,32)(H,36,37)(H,38,39)/t14-,16+,17+,22+/m1/s1. The summed E-state index contributed by atoms with van der Waals surface area (Å²) in [7, 11) is 0. The van der Waals surface area contributed by atoms with Gasteiger partial charge >= 0.3 is 18.0 Å². The molecule has 1 aromatic heterocycles. The summed E-state index contributed by atoms with van der Waals surface area (Å²) in [5, 5.41) is 25.3. The van der Waals surface area contributed by atoms with Crippen LogP contribution in [0.15, 0.2) is 46.0 Å². The molecule has 1 aliphatic carbocycles. The Kier molecular flexibility index (Phi) is 7.43. The molecule has 11 nitrogen and oxygen atoms in total. The third-order valence-electron chi connectivity index (χ3n) is 8.29. The highest BCUT2D eigenvalue weighted by Crippen LogP contribution is 2.37. The first-order chi connectivity index (χ1) is 19.7. The summed E-state index contributed by atoms with van der Waals surface area (Å²) >= 11 is 7.72. The summed E-state index contributed by atoms with van der Waals surface area (Å²) in [6.07, 6.45) is 3.35. The van der Waals surface area contributed by atoms with Gasteiger partial charge in [0.05, 0.1) is 17.5 Å². The summed E-state index contributed by atoms with van der Waals surface area (Å²) in [5.41, 5.74) is 0.811. The average molecular weight is 603 g/mol. The molecule has 2 aromatic rings. The first-order valence-corrected chi connectivity index (χ1v) is 14.6. The van der Waals surface area contributed by atoms with Gasteiger partial charge in [0.15, 0.2) is 10.8 Å². The van der Waals surface area contributed by atoms with Crippen molar-refractivity contribution in [3.05, 3.63) is 62.5 Å². The van der Waals surface area contributed by atoms with E-state index in [1.54, 1.807) is 11.6 Å². The van der Waals surface area contributed by atoms with Crippen molar-refractivity contribution in [2.75, 3.05) is 32.7 Å². The van der Waals surface area contributed by atoms with Gasteiger partial charge < -0.3 is 25.3 Å². The van der Waals surface area contributed by atoms with Crippen LogP contribution in [0, 0.1) is 11.7 Å². The first-order valence-electron chi connectivity index (χ1n) is 13.4. The lowest BCUT2D eigenvalue weighted by Gasteiger charge is -2.38. The molecule has 2 saturated heterocycles. The van der Waals surface area contributed by atoms with Crippen molar-refractivity contribution in [2.24, 2.45) is 10.9 Å². The second-order valence-corrected chi connectivity index (χ2v) is 12.0. The largest absolute Gasteiger partial charge is 0.481 e. The third-order valence-corrected chi connectivity index (χ3v) is 9.40. The van der Waals surface area contributed by atoms with Gasteiger partial charge in [-0.05, 0) is 31.4 Å². The maximum atomic E-state index is 13.8. The molecule has 4 heterocycles. The molecule has 1 aromatic carbocycles. The number of carbonyl (C=O) groups is 3. The Morgan fingerprint density at radius 1 is 1.15 bits per heavy atom. The Morgan fingerprint density at radius 2 is 1.98 bits per heavy atom. The summed E-state index contributed by atoms with van der Waals surface area (Å²) in [6.45, 7) is 2.30. The van der Waals surface area contributed by atoms with Crippen LogP contribution in [0.5, 0.6) is 0 Å². The summed E-state index contributed by atoms with van der Waals surface area (Å²) in [5.74, 6) is -2.54. The number of benzene rings is 1. The highest BCUT2D eigenvalue weighted by atomic mass is 35.5. The normalized spacial score (nSPS) is 26.7. The molecular formula is C27H28ClFN6O5S. The minimum atomic E-state index is -1.17. The SMILES string of the molecule is O=C(O)C1=C(CN2CCN3C(=O)N([C@H]4CC[C@@H](C(=O)O)C4)C[C@@H]3C2)NC(c2nccs2)=N[C@H]1c1ccc(F)cc1Cl. The molecule has 4 aliphatic rings. The lowest BCUT2D eigenvalue weighted by atomic mass is 9.95. The maximum absolute atomic E-state index is 13.8. The zero-order chi connectivity index (χ0) is 28.8. The number of nitrogens with zero attached hydrogens (tertiary/aromatic N) is 5. The van der Waals surface area contributed by atoms with Gasteiger partial charge in [-0.15, -0.1) is 11.3 Å². The molecule has 3 N–H and O–H groups in total. The van der Waals surface area contributed by atoms with E-state index in [1.165, 1.54) is 23.5 Å². The molecule has 4 atom stereocenters. The van der Waals surface area contributed by atoms with Crippen LogP contribution in [0.2, 0.25) is 5.02 Å². The van der Waals surface area contributed by atoms with Crippen LogP contribution in [0.3, 0.4) is 0 Å². The maximum Gasteiger partial charge on any atom is 0.335 e. The van der Waals surface area contributed by atoms with Gasteiger partial charge in [-0.25, -0.2) is 19.0 Å². The Labute approximate surface area is 243 Å². The number of thiazole rings is 1. The number of carboxylic acids is 2. The number of hydrogen-bond acceptors (Lipinski definition) is 8. The number of fused-ring (bicyclic) bond motifs is 1. The number of aromatic nitrogens is 1. The highest BCUT2D eigenvalue weighted by molar-refractivity contribution is 7.11. The number of carboxylic acid groups (broad SMARTS) is 2. The Balaban J connectivity index is 1.25. The lowest BCUT2D eigenvalue weighted by molar-refractivity contribution is -0.141.